The Bertz CT molecular complexity index is 671. The highest BCUT2D eigenvalue weighted by atomic mass is 16.6. The quantitative estimate of drug-likeness (QED) is 0.682. The lowest BCUT2D eigenvalue weighted by atomic mass is 9.47. The van der Waals surface area contributed by atoms with Crippen LogP contribution in [0, 0.1) is 28.6 Å². The molecule has 5 rings (SSSR count). The average Bonchev–Trinajstić information content (AvgIpc) is 3.28. The molecule has 130 valence electrons. The fourth-order valence-corrected chi connectivity index (χ4v) is 6.93. The van der Waals surface area contributed by atoms with Crippen molar-refractivity contribution in [2.24, 2.45) is 28.6 Å². The largest absolute Gasteiger partial charge is 0.501 e. The van der Waals surface area contributed by atoms with Crippen LogP contribution in [0.15, 0.2) is 23.5 Å². The fraction of sp³-hybridized carbons (Fsp3) is 0.762. The zero-order valence-electron chi connectivity index (χ0n) is 15.1. The lowest BCUT2D eigenvalue weighted by Crippen LogP contribution is -2.55. The first-order chi connectivity index (χ1) is 11.4. The smallest absolute Gasteiger partial charge is 0.137 e. The van der Waals surface area contributed by atoms with E-state index in [9.17, 15) is 4.79 Å². The fourth-order valence-electron chi connectivity index (χ4n) is 6.93. The van der Waals surface area contributed by atoms with E-state index in [1.54, 1.807) is 7.11 Å². The van der Waals surface area contributed by atoms with E-state index in [2.05, 4.69) is 26.0 Å². The first kappa shape index (κ1) is 15.2. The SMILES string of the molecule is COC1=CC2=CC[C@@H]3[C@H]4CC[C@]5(CO5)[C@@]4(C)CC(=O)[C@@H]3[C@@]2(C)CC1. The summed E-state index contributed by atoms with van der Waals surface area (Å²) in [5.74, 6) is 2.91. The van der Waals surface area contributed by atoms with Crippen molar-refractivity contribution in [2.45, 2.75) is 58.0 Å². The molecule has 0 aromatic heterocycles. The van der Waals surface area contributed by atoms with Gasteiger partial charge in [-0.05, 0) is 49.2 Å². The number of methoxy groups -OCH3 is 1. The molecule has 6 atom stereocenters. The Morgan fingerprint density at radius 1 is 1.29 bits per heavy atom. The number of fused-ring (bicyclic) bond motifs is 6. The number of hydrogen-bond donors (Lipinski definition) is 0. The molecule has 0 aromatic rings. The average molecular weight is 328 g/mol. The summed E-state index contributed by atoms with van der Waals surface area (Å²) in [4.78, 5) is 13.4. The number of Topliss-reactive ketones (excluding diaryl/α,β-unsaturated/α-hetero) is 1. The standard InChI is InChI=1S/C21H28O3/c1-19-8-6-14(23-3)10-13(19)4-5-15-16-7-9-21(12-24-21)20(16,2)11-17(22)18(15)19/h4,10,15-16,18H,5-9,11-12H2,1-3H3/t15-,16-,18-,19+,20+,21+/m1/s1. The van der Waals surface area contributed by atoms with Gasteiger partial charge in [0.2, 0.25) is 0 Å². The first-order valence-electron chi connectivity index (χ1n) is 9.55. The number of ether oxygens (including phenoxy) is 2. The second kappa shape index (κ2) is 4.55. The summed E-state index contributed by atoms with van der Waals surface area (Å²) in [6.45, 7) is 5.55. The topological polar surface area (TPSA) is 38.8 Å². The van der Waals surface area contributed by atoms with Gasteiger partial charge in [-0.1, -0.05) is 19.9 Å². The summed E-state index contributed by atoms with van der Waals surface area (Å²) in [6.07, 6.45) is 10.8. The predicted molar refractivity (Wildman–Crippen MR) is 91.3 cm³/mol. The maximum Gasteiger partial charge on any atom is 0.137 e. The summed E-state index contributed by atoms with van der Waals surface area (Å²) < 4.78 is 11.4. The van der Waals surface area contributed by atoms with Crippen LogP contribution >= 0.6 is 0 Å². The molecule has 1 saturated heterocycles. The van der Waals surface area contributed by atoms with E-state index in [-0.39, 0.29) is 22.3 Å². The monoisotopic (exact) mass is 328 g/mol. The molecule has 3 fully saturated rings. The third-order valence-corrected chi connectivity index (χ3v) is 8.47. The number of carbonyl (C=O) groups is 1. The van der Waals surface area contributed by atoms with Crippen molar-refractivity contribution in [3.05, 3.63) is 23.5 Å². The minimum absolute atomic E-state index is 0.00349. The van der Waals surface area contributed by atoms with Crippen molar-refractivity contribution in [2.75, 3.05) is 13.7 Å². The van der Waals surface area contributed by atoms with Crippen molar-refractivity contribution < 1.29 is 14.3 Å². The Balaban J connectivity index is 1.57. The van der Waals surface area contributed by atoms with Crippen LogP contribution in [0.2, 0.25) is 0 Å². The molecule has 3 heteroatoms. The minimum atomic E-state index is 0.00349. The Morgan fingerprint density at radius 3 is 2.79 bits per heavy atom. The van der Waals surface area contributed by atoms with Crippen LogP contribution in [-0.2, 0) is 14.3 Å². The van der Waals surface area contributed by atoms with Gasteiger partial charge in [-0.25, -0.2) is 0 Å². The third kappa shape index (κ3) is 1.65. The minimum Gasteiger partial charge on any atom is -0.501 e. The second-order valence-electron chi connectivity index (χ2n) is 9.26. The van der Waals surface area contributed by atoms with Crippen LogP contribution in [0.4, 0.5) is 0 Å². The van der Waals surface area contributed by atoms with Gasteiger partial charge in [0.15, 0.2) is 0 Å². The van der Waals surface area contributed by atoms with Gasteiger partial charge in [-0.2, -0.15) is 0 Å². The van der Waals surface area contributed by atoms with E-state index in [4.69, 9.17) is 9.47 Å². The number of hydrogen-bond acceptors (Lipinski definition) is 3. The third-order valence-electron chi connectivity index (χ3n) is 8.47. The van der Waals surface area contributed by atoms with Crippen molar-refractivity contribution in [3.63, 3.8) is 0 Å². The molecule has 0 unspecified atom stereocenters. The molecule has 5 aliphatic rings. The molecule has 0 radical (unpaired) electrons. The highest BCUT2D eigenvalue weighted by Gasteiger charge is 2.71. The molecule has 1 aliphatic heterocycles. The van der Waals surface area contributed by atoms with Gasteiger partial charge in [0.1, 0.15) is 5.78 Å². The summed E-state index contributed by atoms with van der Waals surface area (Å²) in [5, 5.41) is 0. The van der Waals surface area contributed by atoms with E-state index < -0.39 is 0 Å². The van der Waals surface area contributed by atoms with Crippen molar-refractivity contribution in [1.29, 1.82) is 0 Å². The zero-order chi connectivity index (χ0) is 16.7. The van der Waals surface area contributed by atoms with Crippen LogP contribution in [0.25, 0.3) is 0 Å². The van der Waals surface area contributed by atoms with E-state index >= 15 is 0 Å². The van der Waals surface area contributed by atoms with E-state index in [1.165, 1.54) is 12.0 Å². The van der Waals surface area contributed by atoms with Crippen LogP contribution in [0.3, 0.4) is 0 Å². The van der Waals surface area contributed by atoms with Gasteiger partial charge in [0.25, 0.3) is 0 Å². The number of allylic oxidation sites excluding steroid dienone is 4. The van der Waals surface area contributed by atoms with Gasteiger partial charge < -0.3 is 9.47 Å². The highest BCUT2D eigenvalue weighted by Crippen LogP contribution is 2.69. The molecule has 3 nitrogen and oxygen atoms in total. The molecule has 0 bridgehead atoms. The van der Waals surface area contributed by atoms with Gasteiger partial charge in [-0.3, -0.25) is 4.79 Å². The van der Waals surface area contributed by atoms with E-state index in [0.717, 1.165) is 44.5 Å². The van der Waals surface area contributed by atoms with Crippen LogP contribution < -0.4 is 0 Å². The lowest BCUT2D eigenvalue weighted by Gasteiger charge is -2.55. The number of rotatable bonds is 1. The zero-order valence-corrected chi connectivity index (χ0v) is 15.1. The number of carbonyl (C=O) groups excluding carboxylic acids is 1. The lowest BCUT2D eigenvalue weighted by molar-refractivity contribution is -0.144. The summed E-state index contributed by atoms with van der Waals surface area (Å²) in [7, 11) is 1.76. The molecule has 1 spiro atoms. The van der Waals surface area contributed by atoms with Crippen molar-refractivity contribution in [3.8, 4) is 0 Å². The molecule has 1 heterocycles. The molecule has 24 heavy (non-hydrogen) atoms. The van der Waals surface area contributed by atoms with Gasteiger partial charge in [0.05, 0.1) is 25.1 Å². The molecule has 4 aliphatic carbocycles. The number of epoxide rings is 1. The molecule has 0 aromatic carbocycles. The van der Waals surface area contributed by atoms with Gasteiger partial charge >= 0.3 is 0 Å². The Morgan fingerprint density at radius 2 is 2.08 bits per heavy atom. The summed E-state index contributed by atoms with van der Waals surface area (Å²) >= 11 is 0. The Hall–Kier alpha value is -1.09. The molecule has 0 amide bonds. The van der Waals surface area contributed by atoms with Crippen molar-refractivity contribution >= 4 is 5.78 Å². The predicted octanol–water partition coefficient (Wildman–Crippen LogP) is 4.04. The Labute approximate surface area is 144 Å². The highest BCUT2D eigenvalue weighted by molar-refractivity contribution is 5.85. The van der Waals surface area contributed by atoms with Crippen LogP contribution in [0.1, 0.15) is 52.4 Å². The van der Waals surface area contributed by atoms with Crippen LogP contribution in [0.5, 0.6) is 0 Å². The normalized spacial score (nSPS) is 52.1. The maximum absolute atomic E-state index is 13.4. The molecule has 0 N–H and O–H groups in total. The summed E-state index contributed by atoms with van der Waals surface area (Å²) in [5.41, 5.74) is 1.47. The maximum atomic E-state index is 13.4. The molecular formula is C21H28O3. The van der Waals surface area contributed by atoms with Crippen LogP contribution in [-0.4, -0.2) is 25.1 Å². The molecule has 2 saturated carbocycles. The van der Waals surface area contributed by atoms with Gasteiger partial charge in [0, 0.05) is 29.6 Å². The first-order valence-corrected chi connectivity index (χ1v) is 9.55. The second-order valence-corrected chi connectivity index (χ2v) is 9.26. The summed E-state index contributed by atoms with van der Waals surface area (Å²) in [6, 6.07) is 0. The van der Waals surface area contributed by atoms with E-state index in [0.29, 0.717) is 17.6 Å². The van der Waals surface area contributed by atoms with Crippen molar-refractivity contribution in [1.82, 2.24) is 0 Å². The van der Waals surface area contributed by atoms with Gasteiger partial charge in [-0.15, -0.1) is 0 Å². The molecular weight excluding hydrogens is 300 g/mol. The Kier molecular flexibility index (Phi) is 2.88. The number of ketones is 1. The van der Waals surface area contributed by atoms with E-state index in [1.807, 2.05) is 0 Å².